The summed E-state index contributed by atoms with van der Waals surface area (Å²) in [6, 6.07) is 2.29. The molecular formula is C12H14ClF3N2O2S. The minimum absolute atomic E-state index is 0.128. The van der Waals surface area contributed by atoms with E-state index >= 15 is 0 Å². The van der Waals surface area contributed by atoms with E-state index in [2.05, 4.69) is 5.32 Å². The lowest BCUT2D eigenvalue weighted by atomic mass is 10.2. The number of benzene rings is 1. The number of piperazine rings is 1. The molecule has 0 aliphatic carbocycles. The van der Waals surface area contributed by atoms with Gasteiger partial charge in [0.25, 0.3) is 0 Å². The van der Waals surface area contributed by atoms with Crippen LogP contribution in [0.1, 0.15) is 12.5 Å². The zero-order valence-corrected chi connectivity index (χ0v) is 12.7. The van der Waals surface area contributed by atoms with Gasteiger partial charge in [-0.3, -0.25) is 0 Å². The fourth-order valence-corrected chi connectivity index (χ4v) is 4.25. The molecule has 0 bridgehead atoms. The molecule has 0 spiro atoms. The highest BCUT2D eigenvalue weighted by Gasteiger charge is 2.40. The van der Waals surface area contributed by atoms with Crippen molar-refractivity contribution in [3.05, 3.63) is 28.8 Å². The number of rotatable bonds is 2. The number of nitrogens with one attached hydrogen (secondary N) is 1. The van der Waals surface area contributed by atoms with Crippen molar-refractivity contribution in [3.8, 4) is 0 Å². The summed E-state index contributed by atoms with van der Waals surface area (Å²) < 4.78 is 65.4. The molecule has 4 nitrogen and oxygen atoms in total. The number of nitrogens with zero attached hydrogens (tertiary/aromatic N) is 1. The lowest BCUT2D eigenvalue weighted by molar-refractivity contribution is -0.139. The van der Waals surface area contributed by atoms with Gasteiger partial charge >= 0.3 is 6.18 Å². The third kappa shape index (κ3) is 3.33. The van der Waals surface area contributed by atoms with E-state index in [1.807, 2.05) is 0 Å². The second kappa shape index (κ2) is 5.75. The van der Waals surface area contributed by atoms with Crippen LogP contribution in [0.3, 0.4) is 0 Å². The molecule has 9 heteroatoms. The van der Waals surface area contributed by atoms with Crippen LogP contribution < -0.4 is 5.32 Å². The van der Waals surface area contributed by atoms with Crippen molar-refractivity contribution in [2.75, 3.05) is 19.6 Å². The van der Waals surface area contributed by atoms with Gasteiger partial charge in [0.1, 0.15) is 0 Å². The Balaban J connectivity index is 2.54. The number of alkyl halides is 3. The maximum atomic E-state index is 13.1. The van der Waals surface area contributed by atoms with Crippen LogP contribution in [0.5, 0.6) is 0 Å². The summed E-state index contributed by atoms with van der Waals surface area (Å²) in [5.74, 6) is 0. The van der Waals surface area contributed by atoms with E-state index in [0.29, 0.717) is 19.2 Å². The summed E-state index contributed by atoms with van der Waals surface area (Å²) in [5.41, 5.74) is -1.24. The molecule has 1 N–H and O–H groups in total. The Morgan fingerprint density at radius 2 is 2.05 bits per heavy atom. The zero-order chi connectivity index (χ0) is 15.8. The van der Waals surface area contributed by atoms with Gasteiger partial charge in [-0.1, -0.05) is 11.6 Å². The van der Waals surface area contributed by atoms with Crippen LogP contribution in [-0.4, -0.2) is 38.4 Å². The molecule has 1 aliphatic heterocycles. The highest BCUT2D eigenvalue weighted by atomic mass is 35.5. The van der Waals surface area contributed by atoms with E-state index < -0.39 is 32.7 Å². The first kappa shape index (κ1) is 16.5. The van der Waals surface area contributed by atoms with Gasteiger partial charge in [0.2, 0.25) is 10.0 Å². The summed E-state index contributed by atoms with van der Waals surface area (Å²) in [6.07, 6.45) is -4.79. The molecule has 118 valence electrons. The predicted molar refractivity (Wildman–Crippen MR) is 72.7 cm³/mol. The van der Waals surface area contributed by atoms with Crippen LogP contribution in [0.4, 0.5) is 13.2 Å². The minimum atomic E-state index is -4.79. The molecule has 2 rings (SSSR count). The van der Waals surface area contributed by atoms with Crippen LogP contribution in [-0.2, 0) is 16.2 Å². The normalized spacial score (nSPS) is 21.5. The average Bonchev–Trinajstić information content (AvgIpc) is 2.37. The van der Waals surface area contributed by atoms with E-state index in [1.165, 1.54) is 0 Å². The lowest BCUT2D eigenvalue weighted by Crippen LogP contribution is -2.52. The van der Waals surface area contributed by atoms with Crippen molar-refractivity contribution in [1.82, 2.24) is 9.62 Å². The van der Waals surface area contributed by atoms with E-state index in [9.17, 15) is 21.6 Å². The molecule has 1 aliphatic rings. The third-order valence-electron chi connectivity index (χ3n) is 3.27. The van der Waals surface area contributed by atoms with Gasteiger partial charge in [-0.25, -0.2) is 8.42 Å². The summed E-state index contributed by atoms with van der Waals surface area (Å²) >= 11 is 5.57. The molecule has 21 heavy (non-hydrogen) atoms. The van der Waals surface area contributed by atoms with Crippen molar-refractivity contribution < 1.29 is 21.6 Å². The highest BCUT2D eigenvalue weighted by molar-refractivity contribution is 7.89. The standard InChI is InChI=1S/C12H14ClF3N2O2S/c1-8-7-17-4-5-18(8)21(19,20)11-3-2-9(13)6-10(11)12(14,15)16/h2-3,6,8,17H,4-5,7H2,1H3. The van der Waals surface area contributed by atoms with Gasteiger partial charge in [-0.2, -0.15) is 17.5 Å². The van der Waals surface area contributed by atoms with Gasteiger partial charge in [-0.05, 0) is 25.1 Å². The van der Waals surface area contributed by atoms with Crippen LogP contribution >= 0.6 is 11.6 Å². The molecule has 1 fully saturated rings. The monoisotopic (exact) mass is 342 g/mol. The lowest BCUT2D eigenvalue weighted by Gasteiger charge is -2.33. The molecule has 0 saturated carbocycles. The smallest absolute Gasteiger partial charge is 0.314 e. The van der Waals surface area contributed by atoms with E-state index in [-0.39, 0.29) is 11.6 Å². The van der Waals surface area contributed by atoms with Crippen molar-refractivity contribution >= 4 is 21.6 Å². The average molecular weight is 343 g/mol. The maximum absolute atomic E-state index is 13.1. The Kier molecular flexibility index (Phi) is 4.53. The first-order valence-electron chi connectivity index (χ1n) is 6.23. The van der Waals surface area contributed by atoms with Crippen molar-refractivity contribution in [2.24, 2.45) is 0 Å². The number of hydrogen-bond donors (Lipinski definition) is 1. The van der Waals surface area contributed by atoms with Crippen LogP contribution in [0.2, 0.25) is 5.02 Å². The fourth-order valence-electron chi connectivity index (χ4n) is 2.25. The number of sulfonamides is 1. The molecule has 1 atom stereocenters. The molecule has 0 radical (unpaired) electrons. The largest absolute Gasteiger partial charge is 0.417 e. The van der Waals surface area contributed by atoms with Crippen LogP contribution in [0.15, 0.2) is 23.1 Å². The number of halogens is 4. The second-order valence-electron chi connectivity index (χ2n) is 4.81. The van der Waals surface area contributed by atoms with E-state index in [1.54, 1.807) is 6.92 Å². The third-order valence-corrected chi connectivity index (χ3v) is 5.58. The Bertz CT molecular complexity index is 634. The summed E-state index contributed by atoms with van der Waals surface area (Å²) in [6.45, 7) is 2.57. The van der Waals surface area contributed by atoms with Crippen LogP contribution in [0, 0.1) is 0 Å². The van der Waals surface area contributed by atoms with Crippen molar-refractivity contribution in [2.45, 2.75) is 24.0 Å². The quantitative estimate of drug-likeness (QED) is 0.897. The van der Waals surface area contributed by atoms with E-state index in [0.717, 1.165) is 16.4 Å². The number of hydrogen-bond acceptors (Lipinski definition) is 3. The van der Waals surface area contributed by atoms with E-state index in [4.69, 9.17) is 11.6 Å². The molecule has 1 aromatic rings. The van der Waals surface area contributed by atoms with Crippen molar-refractivity contribution in [1.29, 1.82) is 0 Å². The predicted octanol–water partition coefficient (Wildman–Crippen LogP) is 2.34. The Labute approximate surface area is 125 Å². The Morgan fingerprint density at radius 1 is 1.38 bits per heavy atom. The van der Waals surface area contributed by atoms with Crippen LogP contribution in [0.25, 0.3) is 0 Å². The fraction of sp³-hybridized carbons (Fsp3) is 0.500. The van der Waals surface area contributed by atoms with Gasteiger partial charge < -0.3 is 5.32 Å². The topological polar surface area (TPSA) is 49.4 Å². The maximum Gasteiger partial charge on any atom is 0.417 e. The zero-order valence-electron chi connectivity index (χ0n) is 11.1. The van der Waals surface area contributed by atoms with Gasteiger partial charge in [0, 0.05) is 30.7 Å². The highest BCUT2D eigenvalue weighted by Crippen LogP contribution is 2.37. The second-order valence-corrected chi connectivity index (χ2v) is 7.10. The molecule has 1 aromatic carbocycles. The molecule has 0 amide bonds. The first-order chi connectivity index (χ1) is 9.64. The molecule has 0 aromatic heterocycles. The Morgan fingerprint density at radius 3 is 2.62 bits per heavy atom. The van der Waals surface area contributed by atoms with Gasteiger partial charge in [-0.15, -0.1) is 0 Å². The Hall–Kier alpha value is -0.830. The first-order valence-corrected chi connectivity index (χ1v) is 8.05. The minimum Gasteiger partial charge on any atom is -0.314 e. The molecule has 1 heterocycles. The summed E-state index contributed by atoms with van der Waals surface area (Å²) in [5, 5.41) is 2.83. The van der Waals surface area contributed by atoms with Crippen molar-refractivity contribution in [3.63, 3.8) is 0 Å². The molecular weight excluding hydrogens is 329 g/mol. The summed E-state index contributed by atoms with van der Waals surface area (Å²) in [4.78, 5) is -0.756. The van der Waals surface area contributed by atoms with Gasteiger partial charge in [0.05, 0.1) is 10.5 Å². The molecule has 1 saturated heterocycles. The molecule has 1 unspecified atom stereocenters. The SMILES string of the molecule is CC1CNCCN1S(=O)(=O)c1ccc(Cl)cc1C(F)(F)F. The van der Waals surface area contributed by atoms with Gasteiger partial charge in [0.15, 0.2) is 0 Å². The summed E-state index contributed by atoms with van der Waals surface area (Å²) in [7, 11) is -4.23.